The molecule has 0 atom stereocenters. The van der Waals surface area contributed by atoms with Crippen LogP contribution in [0.15, 0.2) is 67.1 Å². The highest BCUT2D eigenvalue weighted by Gasteiger charge is 2.10. The Morgan fingerprint density at radius 3 is 2.50 bits per heavy atom. The lowest BCUT2D eigenvalue weighted by molar-refractivity contribution is 0.0697. The number of carbonyl (C=O) groups is 1. The van der Waals surface area contributed by atoms with Crippen LogP contribution in [0.3, 0.4) is 0 Å². The van der Waals surface area contributed by atoms with E-state index in [9.17, 15) is 10.0 Å². The fraction of sp³-hybridized carbons (Fsp3) is 0. The topological polar surface area (TPSA) is 130 Å². The summed E-state index contributed by atoms with van der Waals surface area (Å²) in [4.78, 5) is 21.2. The molecule has 164 valence electrons. The predicted molar refractivity (Wildman–Crippen MR) is 125 cm³/mol. The van der Waals surface area contributed by atoms with Crippen LogP contribution < -0.4 is 5.73 Å². The van der Waals surface area contributed by atoms with Crippen LogP contribution in [-0.4, -0.2) is 36.0 Å². The van der Waals surface area contributed by atoms with Gasteiger partial charge in [-0.25, -0.2) is 14.8 Å². The Hall–Kier alpha value is -3.46. The number of anilines is 1. The lowest BCUT2D eigenvalue weighted by Gasteiger charge is -2.03. The van der Waals surface area contributed by atoms with Gasteiger partial charge in [0.05, 0.1) is 15.6 Å². The van der Waals surface area contributed by atoms with Crippen LogP contribution in [0.5, 0.6) is 0 Å². The minimum atomic E-state index is -0.956. The molecular formula is C21H16Cl3N5O3. The zero-order chi connectivity index (χ0) is 23.3. The van der Waals surface area contributed by atoms with Gasteiger partial charge in [0, 0.05) is 34.6 Å². The van der Waals surface area contributed by atoms with Crippen molar-refractivity contribution in [3.63, 3.8) is 0 Å². The Labute approximate surface area is 197 Å². The summed E-state index contributed by atoms with van der Waals surface area (Å²) in [5, 5.41) is 20.2. The standard InChI is InChI=1S/C7H6ClN3.C7H5ClN2O.C7H5ClO2/c8-5-3-6(9)11-7-4(5)1-2-10-7;8-6-2-4-10(11)7-5(6)1-3-9-7;8-6-3-1-2-5(4-6)7(9)10/h1-3H,(H3,9,10,11);1-4,11H;1-4H,(H,9,10). The number of hydrogen-bond donors (Lipinski definition) is 4. The van der Waals surface area contributed by atoms with Gasteiger partial charge in [0.15, 0.2) is 5.82 Å². The van der Waals surface area contributed by atoms with Gasteiger partial charge in [0.25, 0.3) is 0 Å². The van der Waals surface area contributed by atoms with Crippen LogP contribution in [0.4, 0.5) is 5.82 Å². The molecule has 5 N–H and O–H groups in total. The summed E-state index contributed by atoms with van der Waals surface area (Å²) in [6, 6.07) is 13.0. The molecule has 4 heterocycles. The molecule has 0 saturated carbocycles. The first-order valence-electron chi connectivity index (χ1n) is 8.95. The molecule has 32 heavy (non-hydrogen) atoms. The zero-order valence-corrected chi connectivity index (χ0v) is 18.5. The Bertz CT molecular complexity index is 1300. The number of rotatable bonds is 1. The van der Waals surface area contributed by atoms with Crippen molar-refractivity contribution in [2.75, 3.05) is 5.73 Å². The number of hydrogen-bond acceptors (Lipinski definition) is 5. The van der Waals surface area contributed by atoms with Crippen molar-refractivity contribution < 1.29 is 15.1 Å². The van der Waals surface area contributed by atoms with E-state index >= 15 is 0 Å². The molecule has 2 aliphatic heterocycles. The molecule has 11 heteroatoms. The maximum Gasteiger partial charge on any atom is 0.335 e. The average Bonchev–Trinajstić information content (AvgIpc) is 3.42. The van der Waals surface area contributed by atoms with Crippen molar-refractivity contribution in [1.82, 2.24) is 19.7 Å². The number of aromatic carboxylic acids is 1. The Morgan fingerprint density at radius 2 is 1.84 bits per heavy atom. The highest BCUT2D eigenvalue weighted by Crippen LogP contribution is 2.27. The van der Waals surface area contributed by atoms with Gasteiger partial charge in [-0.05, 0) is 42.5 Å². The summed E-state index contributed by atoms with van der Waals surface area (Å²) < 4.78 is 0.946. The summed E-state index contributed by atoms with van der Waals surface area (Å²) in [7, 11) is 0. The molecule has 8 nitrogen and oxygen atoms in total. The number of nitrogens with zero attached hydrogens (tertiary/aromatic N) is 3. The summed E-state index contributed by atoms with van der Waals surface area (Å²) >= 11 is 17.2. The fourth-order valence-electron chi connectivity index (χ4n) is 2.63. The normalized spacial score (nSPS) is 10.2. The van der Waals surface area contributed by atoms with Crippen LogP contribution >= 0.6 is 34.8 Å². The third-order valence-electron chi connectivity index (χ3n) is 4.08. The molecule has 0 radical (unpaired) electrons. The quantitative estimate of drug-likeness (QED) is 0.222. The highest BCUT2D eigenvalue weighted by atomic mass is 35.5. The number of benzene rings is 1. The lowest BCUT2D eigenvalue weighted by Crippen LogP contribution is -1.97. The van der Waals surface area contributed by atoms with Crippen LogP contribution in [0.2, 0.25) is 15.1 Å². The number of aromatic nitrogens is 4. The van der Waals surface area contributed by atoms with E-state index in [1.807, 2.05) is 6.07 Å². The van der Waals surface area contributed by atoms with Gasteiger partial charge >= 0.3 is 5.97 Å². The highest BCUT2D eigenvalue weighted by molar-refractivity contribution is 6.35. The van der Waals surface area contributed by atoms with E-state index in [0.717, 1.165) is 21.3 Å². The van der Waals surface area contributed by atoms with Gasteiger partial charge in [-0.2, -0.15) is 4.73 Å². The molecule has 0 amide bonds. The first kappa shape index (κ1) is 23.2. The number of aromatic amines is 1. The molecule has 2 aliphatic rings. The van der Waals surface area contributed by atoms with Crippen LogP contribution in [0, 0.1) is 0 Å². The van der Waals surface area contributed by atoms with Crippen LogP contribution in [-0.2, 0) is 0 Å². The molecule has 0 unspecified atom stereocenters. The van der Waals surface area contributed by atoms with Gasteiger partial charge in [-0.1, -0.05) is 40.9 Å². The number of pyridine rings is 2. The molecule has 0 bridgehead atoms. The van der Waals surface area contributed by atoms with Crippen LogP contribution in [0.1, 0.15) is 10.4 Å². The first-order valence-corrected chi connectivity index (χ1v) is 10.1. The van der Waals surface area contributed by atoms with Gasteiger partial charge in [0.1, 0.15) is 11.5 Å². The minimum Gasteiger partial charge on any atom is -0.478 e. The van der Waals surface area contributed by atoms with Gasteiger partial charge in [0.2, 0.25) is 0 Å². The number of nitrogens with one attached hydrogen (secondary N) is 1. The van der Waals surface area contributed by atoms with Gasteiger partial charge in [-0.3, -0.25) is 0 Å². The third-order valence-corrected chi connectivity index (χ3v) is 4.96. The number of fused-ring (bicyclic) bond motifs is 2. The molecule has 2 aromatic heterocycles. The third kappa shape index (κ3) is 5.61. The summed E-state index contributed by atoms with van der Waals surface area (Å²) in [5.74, 6) is -0.0371. The Balaban J connectivity index is 0.000000136. The molecule has 1 aromatic carbocycles. The molecule has 5 rings (SSSR count). The summed E-state index contributed by atoms with van der Waals surface area (Å²) in [6.45, 7) is 0. The fourth-order valence-corrected chi connectivity index (χ4v) is 3.29. The van der Waals surface area contributed by atoms with Crippen molar-refractivity contribution in [3.8, 4) is 11.4 Å². The number of nitrogen functional groups attached to an aromatic ring is 1. The number of carboxylic acid groups (broad SMARTS) is 1. The zero-order valence-electron chi connectivity index (χ0n) is 16.2. The number of nitrogens with two attached hydrogens (primary N) is 1. The lowest BCUT2D eigenvalue weighted by atomic mass is 10.2. The maximum absolute atomic E-state index is 10.3. The van der Waals surface area contributed by atoms with Crippen molar-refractivity contribution in [3.05, 3.63) is 87.8 Å². The van der Waals surface area contributed by atoms with Crippen molar-refractivity contribution in [2.45, 2.75) is 0 Å². The van der Waals surface area contributed by atoms with Gasteiger partial charge < -0.3 is 21.0 Å². The van der Waals surface area contributed by atoms with Crippen molar-refractivity contribution >= 4 is 57.6 Å². The smallest absolute Gasteiger partial charge is 0.335 e. The molecular weight excluding hydrogens is 477 g/mol. The van der Waals surface area contributed by atoms with E-state index in [0.29, 0.717) is 26.7 Å². The average molecular weight is 493 g/mol. The van der Waals surface area contributed by atoms with Crippen molar-refractivity contribution in [2.24, 2.45) is 0 Å². The van der Waals surface area contributed by atoms with E-state index in [-0.39, 0.29) is 5.56 Å². The predicted octanol–water partition coefficient (Wildman–Crippen LogP) is 5.72. The van der Waals surface area contributed by atoms with E-state index in [4.69, 9.17) is 45.6 Å². The molecule has 0 fully saturated rings. The Kier molecular flexibility index (Phi) is 7.42. The molecule has 0 spiro atoms. The minimum absolute atomic E-state index is 0.215. The SMILES string of the molecule is Nc1cc(Cl)c2cc[nH]c2n1.O=C(O)c1cccc(Cl)c1.On1ccc(Cl)c2ccnc1-2. The second-order valence-electron chi connectivity index (χ2n) is 6.27. The van der Waals surface area contributed by atoms with E-state index in [2.05, 4.69) is 15.0 Å². The maximum atomic E-state index is 10.3. The number of halogens is 3. The van der Waals surface area contributed by atoms with E-state index in [1.54, 1.807) is 42.7 Å². The Morgan fingerprint density at radius 1 is 1.06 bits per heavy atom. The second-order valence-corrected chi connectivity index (χ2v) is 7.53. The summed E-state index contributed by atoms with van der Waals surface area (Å²) in [6.07, 6.45) is 4.84. The van der Waals surface area contributed by atoms with Crippen molar-refractivity contribution in [1.29, 1.82) is 0 Å². The molecule has 3 aromatic rings. The van der Waals surface area contributed by atoms with E-state index in [1.165, 1.54) is 18.3 Å². The molecule has 0 aliphatic carbocycles. The number of H-pyrrole nitrogens is 1. The van der Waals surface area contributed by atoms with Gasteiger partial charge in [-0.15, -0.1) is 0 Å². The second kappa shape index (κ2) is 10.2. The summed E-state index contributed by atoms with van der Waals surface area (Å²) in [5.41, 5.74) is 7.18. The monoisotopic (exact) mass is 491 g/mol. The molecule has 0 saturated heterocycles. The number of carboxylic acids is 1. The van der Waals surface area contributed by atoms with E-state index < -0.39 is 5.97 Å². The first-order chi connectivity index (χ1) is 15.3. The van der Waals surface area contributed by atoms with Crippen LogP contribution in [0.25, 0.3) is 22.4 Å². The largest absolute Gasteiger partial charge is 0.478 e.